The number of aromatic carboxylic acids is 1. The Balaban J connectivity index is 1.33. The van der Waals surface area contributed by atoms with E-state index in [4.69, 9.17) is 15.1 Å². The summed E-state index contributed by atoms with van der Waals surface area (Å²) in [5.41, 5.74) is 7.23. The largest absolute Gasteiger partial charge is 0.513 e. The number of aryl methyl sites for hydroxylation is 1. The molecule has 0 radical (unpaired) electrons. The number of nitrogens with zero attached hydrogens (tertiary/aromatic N) is 4. The molecule has 1 aliphatic rings. The van der Waals surface area contributed by atoms with Crippen LogP contribution in [0.15, 0.2) is 72.6 Å². The van der Waals surface area contributed by atoms with E-state index in [0.717, 1.165) is 42.0 Å². The lowest BCUT2D eigenvalue weighted by molar-refractivity contribution is 0.0686. The van der Waals surface area contributed by atoms with Gasteiger partial charge in [0.05, 0.1) is 17.6 Å². The highest BCUT2D eigenvalue weighted by Gasteiger charge is 2.19. The predicted octanol–water partition coefficient (Wildman–Crippen LogP) is 5.57. The Kier molecular flexibility index (Phi) is 7.98. The first kappa shape index (κ1) is 27.8. The maximum atomic E-state index is 11.5. The van der Waals surface area contributed by atoms with Crippen molar-refractivity contribution < 1.29 is 19.7 Å². The van der Waals surface area contributed by atoms with Crippen LogP contribution in [0, 0.1) is 12.3 Å². The summed E-state index contributed by atoms with van der Waals surface area (Å²) in [6.07, 6.45) is 3.72. The minimum absolute atomic E-state index is 0.0953. The summed E-state index contributed by atoms with van der Waals surface area (Å²) >= 11 is 0. The van der Waals surface area contributed by atoms with Gasteiger partial charge in [0.2, 0.25) is 0 Å². The number of aliphatic hydroxyl groups excluding tert-OH is 1. The molecule has 0 atom stereocenters. The van der Waals surface area contributed by atoms with E-state index in [9.17, 15) is 15.0 Å². The van der Waals surface area contributed by atoms with Gasteiger partial charge in [-0.25, -0.2) is 14.8 Å². The van der Waals surface area contributed by atoms with Gasteiger partial charge >= 0.3 is 5.97 Å². The van der Waals surface area contributed by atoms with Crippen molar-refractivity contribution in [3.63, 3.8) is 0 Å². The molecule has 0 fully saturated rings. The first-order chi connectivity index (χ1) is 19.7. The lowest BCUT2D eigenvalue weighted by atomic mass is 9.97. The second-order valence-corrected chi connectivity index (χ2v) is 10.4. The third-order valence-electron chi connectivity index (χ3n) is 7.20. The number of hydrogen-bond acceptors (Lipinski definition) is 7. The van der Waals surface area contributed by atoms with E-state index in [2.05, 4.69) is 28.1 Å². The second-order valence-electron chi connectivity index (χ2n) is 10.4. The first-order valence-electron chi connectivity index (χ1n) is 13.4. The summed E-state index contributed by atoms with van der Waals surface area (Å²) in [5, 5.41) is 26.9. The van der Waals surface area contributed by atoms with E-state index in [1.807, 2.05) is 43.3 Å². The Labute approximate surface area is 238 Å². The maximum Gasteiger partial charge on any atom is 0.354 e. The zero-order chi connectivity index (χ0) is 29.1. The van der Waals surface area contributed by atoms with E-state index in [0.29, 0.717) is 36.1 Å². The summed E-state index contributed by atoms with van der Waals surface area (Å²) < 4.78 is 7.93. The molecule has 9 heteroatoms. The predicted molar refractivity (Wildman–Crippen MR) is 157 cm³/mol. The van der Waals surface area contributed by atoms with Gasteiger partial charge in [-0.05, 0) is 66.8 Å². The Morgan fingerprint density at radius 1 is 1.10 bits per heavy atom. The standard InChI is InChI=1S/C32H33N5O4/c1-20-6-4-7-26(27-8-5-9-28(35-27)31-34-16-29(32(39)40)36(31)3)30(20)41-19-22-10-11-24-17-37(13-12-23(24)15-22)18-25(33)14-21(2)38/h4-11,14-16,33,38H,12-13,17-19H2,1-3H3,(H,39,40)/b21-14-,33-25?. The minimum atomic E-state index is -1.04. The molecule has 4 aromatic rings. The van der Waals surface area contributed by atoms with Crippen LogP contribution in [0.3, 0.4) is 0 Å². The highest BCUT2D eigenvalue weighted by Crippen LogP contribution is 2.34. The van der Waals surface area contributed by atoms with Crippen LogP contribution < -0.4 is 4.74 Å². The molecule has 9 nitrogen and oxygen atoms in total. The number of imidazole rings is 1. The molecule has 2 aromatic heterocycles. The molecule has 3 heterocycles. The summed E-state index contributed by atoms with van der Waals surface area (Å²) in [5.74, 6) is 0.337. The lowest BCUT2D eigenvalue weighted by Crippen LogP contribution is -2.34. The van der Waals surface area contributed by atoms with Crippen LogP contribution in [-0.2, 0) is 26.6 Å². The number of carboxylic acid groups (broad SMARTS) is 1. The molecule has 0 unspecified atom stereocenters. The van der Waals surface area contributed by atoms with Gasteiger partial charge in [-0.15, -0.1) is 0 Å². The van der Waals surface area contributed by atoms with E-state index in [1.165, 1.54) is 28.0 Å². The van der Waals surface area contributed by atoms with Gasteiger partial charge in [0.25, 0.3) is 0 Å². The zero-order valence-electron chi connectivity index (χ0n) is 23.4. The topological polar surface area (TPSA) is 125 Å². The number of aliphatic hydroxyl groups is 1. The number of allylic oxidation sites excluding steroid dienone is 1. The molecular formula is C32H33N5O4. The summed E-state index contributed by atoms with van der Waals surface area (Å²) in [4.78, 5) is 22.8. The number of nitrogens with one attached hydrogen (secondary N) is 1. The van der Waals surface area contributed by atoms with Crippen molar-refractivity contribution in [1.29, 1.82) is 5.41 Å². The van der Waals surface area contributed by atoms with Crippen molar-refractivity contribution in [1.82, 2.24) is 19.4 Å². The number of rotatable bonds is 9. The Morgan fingerprint density at radius 3 is 2.63 bits per heavy atom. The van der Waals surface area contributed by atoms with Crippen molar-refractivity contribution in [2.45, 2.75) is 33.4 Å². The number of carbonyl (C=O) groups is 1. The molecule has 0 spiro atoms. The van der Waals surface area contributed by atoms with E-state index >= 15 is 0 Å². The molecule has 0 saturated heterocycles. The summed E-state index contributed by atoms with van der Waals surface area (Å²) in [6, 6.07) is 18.0. The third kappa shape index (κ3) is 6.20. The van der Waals surface area contributed by atoms with Gasteiger partial charge in [0.15, 0.2) is 5.82 Å². The summed E-state index contributed by atoms with van der Waals surface area (Å²) in [6.45, 7) is 6.12. The average Bonchev–Trinajstić information content (AvgIpc) is 3.33. The first-order valence-corrected chi connectivity index (χ1v) is 13.4. The molecule has 3 N–H and O–H groups in total. The van der Waals surface area contributed by atoms with Crippen molar-refractivity contribution >= 4 is 11.7 Å². The van der Waals surface area contributed by atoms with Crippen LogP contribution in [0.25, 0.3) is 22.8 Å². The van der Waals surface area contributed by atoms with Crippen LogP contribution in [0.5, 0.6) is 5.75 Å². The fourth-order valence-corrected chi connectivity index (χ4v) is 5.18. The molecule has 0 amide bonds. The van der Waals surface area contributed by atoms with E-state index < -0.39 is 5.97 Å². The number of carboxylic acids is 1. The zero-order valence-corrected chi connectivity index (χ0v) is 23.4. The molecule has 41 heavy (non-hydrogen) atoms. The highest BCUT2D eigenvalue weighted by atomic mass is 16.5. The van der Waals surface area contributed by atoms with Crippen molar-refractivity contribution in [3.05, 3.63) is 101 Å². The quantitative estimate of drug-likeness (QED) is 0.183. The monoisotopic (exact) mass is 551 g/mol. The number of ether oxygens (including phenoxy) is 1. The van der Waals surface area contributed by atoms with Gasteiger partial charge in [-0.2, -0.15) is 0 Å². The molecule has 5 rings (SSSR count). The number of hydrogen-bond donors (Lipinski definition) is 3. The van der Waals surface area contributed by atoms with Crippen molar-refractivity contribution in [2.75, 3.05) is 13.1 Å². The molecular weight excluding hydrogens is 518 g/mol. The number of pyridine rings is 1. The van der Waals surface area contributed by atoms with Crippen molar-refractivity contribution in [2.24, 2.45) is 7.05 Å². The van der Waals surface area contributed by atoms with Gasteiger partial charge < -0.3 is 24.9 Å². The molecule has 2 aromatic carbocycles. The molecule has 0 saturated carbocycles. The number of para-hydroxylation sites is 1. The van der Waals surface area contributed by atoms with Crippen LogP contribution >= 0.6 is 0 Å². The lowest BCUT2D eigenvalue weighted by Gasteiger charge is -2.29. The Bertz CT molecular complexity index is 1650. The van der Waals surface area contributed by atoms with Gasteiger partial charge in [0.1, 0.15) is 23.7 Å². The van der Waals surface area contributed by atoms with E-state index in [-0.39, 0.29) is 11.5 Å². The fraction of sp³-hybridized carbons (Fsp3) is 0.250. The number of fused-ring (bicyclic) bond motifs is 1. The van der Waals surface area contributed by atoms with Crippen LogP contribution in [0.4, 0.5) is 0 Å². The maximum absolute atomic E-state index is 11.5. The average molecular weight is 552 g/mol. The molecule has 0 aliphatic carbocycles. The molecule has 0 bridgehead atoms. The number of aromatic nitrogens is 3. The fourth-order valence-electron chi connectivity index (χ4n) is 5.18. The van der Waals surface area contributed by atoms with Crippen LogP contribution in [-0.4, -0.2) is 54.4 Å². The smallest absolute Gasteiger partial charge is 0.354 e. The highest BCUT2D eigenvalue weighted by molar-refractivity contribution is 5.94. The van der Waals surface area contributed by atoms with Gasteiger partial charge in [-0.1, -0.05) is 36.4 Å². The van der Waals surface area contributed by atoms with Crippen LogP contribution in [0.2, 0.25) is 0 Å². The van der Waals surface area contributed by atoms with Gasteiger partial charge in [0, 0.05) is 38.0 Å². The van der Waals surface area contributed by atoms with Crippen LogP contribution in [0.1, 0.15) is 39.7 Å². The van der Waals surface area contributed by atoms with E-state index in [1.54, 1.807) is 14.0 Å². The normalized spacial score (nSPS) is 13.6. The third-order valence-corrected chi connectivity index (χ3v) is 7.20. The minimum Gasteiger partial charge on any atom is -0.513 e. The SMILES string of the molecule is C/C(O)=C/C(=N)CN1CCc2cc(COc3c(C)cccc3-c3cccc(-c4ncc(C(=O)O)n4C)n3)ccc2C1. The van der Waals surface area contributed by atoms with Crippen molar-refractivity contribution in [3.8, 4) is 28.5 Å². The Morgan fingerprint density at radius 2 is 1.88 bits per heavy atom. The molecule has 1 aliphatic heterocycles. The Hall–Kier alpha value is -4.76. The number of benzene rings is 2. The van der Waals surface area contributed by atoms with Gasteiger partial charge in [-0.3, -0.25) is 4.90 Å². The molecule has 210 valence electrons. The second kappa shape index (κ2) is 11.8. The summed E-state index contributed by atoms with van der Waals surface area (Å²) in [7, 11) is 1.66.